The number of fused-ring (bicyclic) bond motifs is 1. The number of hydrogen-bond donors (Lipinski definition) is 0. The van der Waals surface area contributed by atoms with E-state index < -0.39 is 5.97 Å². The van der Waals surface area contributed by atoms with Crippen LogP contribution in [0.1, 0.15) is 43.1 Å². The normalized spacial score (nSPS) is 15.3. The lowest BCUT2D eigenvalue weighted by Crippen LogP contribution is -2.17. The van der Waals surface area contributed by atoms with Crippen LogP contribution in [-0.2, 0) is 16.0 Å². The molecule has 0 saturated heterocycles. The first-order valence-corrected chi connectivity index (χ1v) is 8.73. The molecule has 2 aromatic rings. The van der Waals surface area contributed by atoms with E-state index in [0.29, 0.717) is 17.2 Å². The minimum absolute atomic E-state index is 0.205. The van der Waals surface area contributed by atoms with E-state index in [1.54, 1.807) is 18.2 Å². The summed E-state index contributed by atoms with van der Waals surface area (Å²) in [5.74, 6) is 1.29. The highest BCUT2D eigenvalue weighted by Gasteiger charge is 2.25. The fourth-order valence-electron chi connectivity index (χ4n) is 3.21. The molecule has 6 heteroatoms. The van der Waals surface area contributed by atoms with Gasteiger partial charge in [-0.2, -0.15) is 0 Å². The second-order valence-electron chi connectivity index (χ2n) is 6.42. The molecule has 1 aliphatic rings. The van der Waals surface area contributed by atoms with Crippen LogP contribution in [0.15, 0.2) is 30.3 Å². The van der Waals surface area contributed by atoms with Crippen LogP contribution < -0.4 is 18.9 Å². The zero-order chi connectivity index (χ0) is 19.6. The Morgan fingerprint density at radius 3 is 2.33 bits per heavy atom. The largest absolute Gasteiger partial charge is 0.493 e. The second-order valence-corrected chi connectivity index (χ2v) is 6.42. The van der Waals surface area contributed by atoms with Crippen molar-refractivity contribution in [2.45, 2.75) is 39.7 Å². The van der Waals surface area contributed by atoms with E-state index in [0.717, 1.165) is 35.3 Å². The Labute approximate surface area is 158 Å². The summed E-state index contributed by atoms with van der Waals surface area (Å²) in [5, 5.41) is 0. The minimum atomic E-state index is -0.415. The van der Waals surface area contributed by atoms with Gasteiger partial charge < -0.3 is 18.9 Å². The standard InChI is InChI=1S/C21H22O6/c1-12-17(25-13(2)22)8-5-15-6-9-18(27-21(12)15)16-7-10-19(24-4)20(11-16)26-14(3)23/h5,7-8,10-11,18H,6,9H2,1-4H3/t18-/m0/s1. The van der Waals surface area contributed by atoms with Gasteiger partial charge in [0.1, 0.15) is 17.6 Å². The third kappa shape index (κ3) is 4.05. The summed E-state index contributed by atoms with van der Waals surface area (Å²) in [4.78, 5) is 22.6. The van der Waals surface area contributed by atoms with Gasteiger partial charge in [0.25, 0.3) is 0 Å². The molecule has 0 unspecified atom stereocenters. The number of aryl methyl sites for hydroxylation is 1. The molecule has 0 saturated carbocycles. The van der Waals surface area contributed by atoms with Crippen LogP contribution in [0.5, 0.6) is 23.0 Å². The Morgan fingerprint density at radius 2 is 1.67 bits per heavy atom. The fraction of sp³-hybridized carbons (Fsp3) is 0.333. The highest BCUT2D eigenvalue weighted by molar-refractivity contribution is 5.71. The maximum atomic E-state index is 11.4. The highest BCUT2D eigenvalue weighted by atomic mass is 16.6. The van der Waals surface area contributed by atoms with Crippen molar-refractivity contribution in [2.24, 2.45) is 0 Å². The van der Waals surface area contributed by atoms with Gasteiger partial charge in [-0.3, -0.25) is 9.59 Å². The Morgan fingerprint density at radius 1 is 1.00 bits per heavy atom. The molecule has 0 bridgehead atoms. The molecule has 0 spiro atoms. The first kappa shape index (κ1) is 18.8. The van der Waals surface area contributed by atoms with Gasteiger partial charge >= 0.3 is 11.9 Å². The molecule has 1 atom stereocenters. The third-order valence-electron chi connectivity index (χ3n) is 4.44. The molecule has 0 fully saturated rings. The van der Waals surface area contributed by atoms with Crippen LogP contribution in [0.25, 0.3) is 0 Å². The molecule has 27 heavy (non-hydrogen) atoms. The van der Waals surface area contributed by atoms with Crippen molar-refractivity contribution in [3.05, 3.63) is 47.0 Å². The van der Waals surface area contributed by atoms with Gasteiger partial charge in [0.05, 0.1) is 7.11 Å². The molecule has 1 aliphatic heterocycles. The van der Waals surface area contributed by atoms with Gasteiger partial charge in [-0.15, -0.1) is 0 Å². The van der Waals surface area contributed by atoms with Crippen molar-refractivity contribution in [1.29, 1.82) is 0 Å². The molecule has 3 rings (SSSR count). The van der Waals surface area contributed by atoms with E-state index in [9.17, 15) is 9.59 Å². The highest BCUT2D eigenvalue weighted by Crippen LogP contribution is 2.42. The minimum Gasteiger partial charge on any atom is -0.493 e. The number of hydrogen-bond acceptors (Lipinski definition) is 6. The van der Waals surface area contributed by atoms with Crippen molar-refractivity contribution >= 4 is 11.9 Å². The predicted octanol–water partition coefficient (Wildman–Crippen LogP) is 3.92. The quantitative estimate of drug-likeness (QED) is 0.600. The molecule has 0 radical (unpaired) electrons. The van der Waals surface area contributed by atoms with Crippen LogP contribution >= 0.6 is 0 Å². The monoisotopic (exact) mass is 370 g/mol. The Kier molecular flexibility index (Phi) is 5.35. The van der Waals surface area contributed by atoms with E-state index in [1.807, 2.05) is 19.1 Å². The average molecular weight is 370 g/mol. The third-order valence-corrected chi connectivity index (χ3v) is 4.44. The fourth-order valence-corrected chi connectivity index (χ4v) is 3.21. The van der Waals surface area contributed by atoms with Crippen LogP contribution in [0.3, 0.4) is 0 Å². The van der Waals surface area contributed by atoms with Crippen molar-refractivity contribution in [3.63, 3.8) is 0 Å². The Balaban J connectivity index is 1.91. The summed E-state index contributed by atoms with van der Waals surface area (Å²) >= 11 is 0. The van der Waals surface area contributed by atoms with Gasteiger partial charge in [-0.1, -0.05) is 12.1 Å². The van der Waals surface area contributed by atoms with Crippen LogP contribution in [0.4, 0.5) is 0 Å². The summed E-state index contributed by atoms with van der Waals surface area (Å²) < 4.78 is 22.0. The first-order valence-electron chi connectivity index (χ1n) is 8.73. The first-order chi connectivity index (χ1) is 12.9. The zero-order valence-electron chi connectivity index (χ0n) is 15.8. The van der Waals surface area contributed by atoms with E-state index in [4.69, 9.17) is 18.9 Å². The maximum absolute atomic E-state index is 11.4. The van der Waals surface area contributed by atoms with E-state index in [-0.39, 0.29) is 12.1 Å². The SMILES string of the molecule is COc1ccc([C@@H]2CCc3ccc(OC(C)=O)c(C)c3O2)cc1OC(C)=O. The molecule has 0 N–H and O–H groups in total. The van der Waals surface area contributed by atoms with Crippen LogP contribution in [0.2, 0.25) is 0 Å². The van der Waals surface area contributed by atoms with Gasteiger partial charge in [0.15, 0.2) is 11.5 Å². The predicted molar refractivity (Wildman–Crippen MR) is 98.5 cm³/mol. The molecule has 1 heterocycles. The van der Waals surface area contributed by atoms with Gasteiger partial charge in [-0.25, -0.2) is 0 Å². The number of methoxy groups -OCH3 is 1. The molecule has 6 nitrogen and oxygen atoms in total. The topological polar surface area (TPSA) is 71.1 Å². The number of benzene rings is 2. The Bertz CT molecular complexity index is 886. The number of esters is 2. The lowest BCUT2D eigenvalue weighted by atomic mass is 9.95. The van der Waals surface area contributed by atoms with Crippen molar-refractivity contribution < 1.29 is 28.5 Å². The molecule has 2 aromatic carbocycles. The summed E-state index contributed by atoms with van der Waals surface area (Å²) in [7, 11) is 1.52. The van der Waals surface area contributed by atoms with Gasteiger partial charge in [0, 0.05) is 19.4 Å². The number of carbonyl (C=O) groups is 2. The summed E-state index contributed by atoms with van der Waals surface area (Å²) in [6, 6.07) is 9.14. The van der Waals surface area contributed by atoms with E-state index in [2.05, 4.69) is 0 Å². The summed E-state index contributed by atoms with van der Waals surface area (Å²) in [5.41, 5.74) is 2.75. The molecule has 0 amide bonds. The van der Waals surface area contributed by atoms with E-state index >= 15 is 0 Å². The lowest BCUT2D eigenvalue weighted by molar-refractivity contribution is -0.132. The number of rotatable bonds is 4. The summed E-state index contributed by atoms with van der Waals surface area (Å²) in [6.07, 6.45) is 1.41. The lowest BCUT2D eigenvalue weighted by Gasteiger charge is -2.28. The van der Waals surface area contributed by atoms with Gasteiger partial charge in [-0.05, 0) is 49.1 Å². The number of ether oxygens (including phenoxy) is 4. The van der Waals surface area contributed by atoms with E-state index in [1.165, 1.54) is 21.0 Å². The molecular formula is C21H22O6. The zero-order valence-corrected chi connectivity index (χ0v) is 15.8. The van der Waals surface area contributed by atoms with Crippen molar-refractivity contribution in [1.82, 2.24) is 0 Å². The molecular weight excluding hydrogens is 348 g/mol. The summed E-state index contributed by atoms with van der Waals surface area (Å²) in [6.45, 7) is 4.59. The molecule has 142 valence electrons. The van der Waals surface area contributed by atoms with Crippen LogP contribution in [-0.4, -0.2) is 19.0 Å². The van der Waals surface area contributed by atoms with Crippen molar-refractivity contribution in [2.75, 3.05) is 7.11 Å². The van der Waals surface area contributed by atoms with Crippen molar-refractivity contribution in [3.8, 4) is 23.0 Å². The Hall–Kier alpha value is -3.02. The van der Waals surface area contributed by atoms with Gasteiger partial charge in [0.2, 0.25) is 0 Å². The molecule has 0 aromatic heterocycles. The molecule has 0 aliphatic carbocycles. The smallest absolute Gasteiger partial charge is 0.308 e. The average Bonchev–Trinajstić information content (AvgIpc) is 2.63. The number of carbonyl (C=O) groups excluding carboxylic acids is 2. The second kappa shape index (κ2) is 7.70. The van der Waals surface area contributed by atoms with Crippen LogP contribution in [0, 0.1) is 6.92 Å². The maximum Gasteiger partial charge on any atom is 0.308 e.